The van der Waals surface area contributed by atoms with Gasteiger partial charge in [0.2, 0.25) is 0 Å². The SMILES string of the molecule is CC(O[Si](C)(C)C(C)(C)C)C(CCOc1cccc(-c2ccc(Cl)nc2)c1)n1cnc(C(N)=O)c1. The normalized spacial score (nSPS) is 13.9. The number of carbonyl (C=O) groups is 1. The quantitative estimate of drug-likeness (QED) is 0.260. The molecule has 3 rings (SSSR count). The number of aromatic nitrogens is 3. The lowest BCUT2D eigenvalue weighted by Gasteiger charge is -2.40. The van der Waals surface area contributed by atoms with E-state index in [0.717, 1.165) is 16.9 Å². The second kappa shape index (κ2) is 10.9. The van der Waals surface area contributed by atoms with Crippen LogP contribution in [-0.4, -0.2) is 41.5 Å². The summed E-state index contributed by atoms with van der Waals surface area (Å²) < 4.78 is 14.7. The molecule has 188 valence electrons. The van der Waals surface area contributed by atoms with E-state index in [1.165, 1.54) is 0 Å². The molecule has 2 atom stereocenters. The van der Waals surface area contributed by atoms with Crippen molar-refractivity contribution in [3.05, 3.63) is 66.0 Å². The van der Waals surface area contributed by atoms with E-state index >= 15 is 0 Å². The van der Waals surface area contributed by atoms with Gasteiger partial charge in [-0.25, -0.2) is 9.97 Å². The topological polar surface area (TPSA) is 92.3 Å². The van der Waals surface area contributed by atoms with Gasteiger partial charge in [-0.2, -0.15) is 0 Å². The van der Waals surface area contributed by atoms with Gasteiger partial charge in [0.05, 0.1) is 25.1 Å². The van der Waals surface area contributed by atoms with Crippen molar-refractivity contribution >= 4 is 25.8 Å². The number of nitrogens with two attached hydrogens (primary N) is 1. The zero-order valence-corrected chi connectivity index (χ0v) is 23.0. The minimum Gasteiger partial charge on any atom is -0.493 e. The van der Waals surface area contributed by atoms with Crippen molar-refractivity contribution in [3.63, 3.8) is 0 Å². The van der Waals surface area contributed by atoms with Crippen molar-refractivity contribution in [2.45, 2.75) is 64.4 Å². The molecule has 7 nitrogen and oxygen atoms in total. The zero-order valence-electron chi connectivity index (χ0n) is 21.3. The van der Waals surface area contributed by atoms with Gasteiger partial charge in [-0.1, -0.05) is 44.5 Å². The number of carbonyl (C=O) groups excluding carboxylic acids is 1. The minimum atomic E-state index is -2.01. The molecule has 2 N–H and O–H groups in total. The minimum absolute atomic E-state index is 0.0756. The first-order chi connectivity index (χ1) is 16.4. The Kier molecular flexibility index (Phi) is 8.40. The molecule has 0 aliphatic carbocycles. The number of imidazole rings is 1. The van der Waals surface area contributed by atoms with Crippen LogP contribution in [0.3, 0.4) is 0 Å². The van der Waals surface area contributed by atoms with E-state index in [1.807, 2.05) is 34.9 Å². The van der Waals surface area contributed by atoms with E-state index in [4.69, 9.17) is 26.5 Å². The number of benzene rings is 1. The molecule has 2 unspecified atom stereocenters. The maximum Gasteiger partial charge on any atom is 0.268 e. The third-order valence-electron chi connectivity index (χ3n) is 6.64. The Labute approximate surface area is 213 Å². The van der Waals surface area contributed by atoms with Gasteiger partial charge in [0.1, 0.15) is 16.6 Å². The largest absolute Gasteiger partial charge is 0.493 e. The first kappa shape index (κ1) is 26.9. The molecule has 0 saturated heterocycles. The second-order valence-corrected chi connectivity index (χ2v) is 15.4. The van der Waals surface area contributed by atoms with Crippen LogP contribution in [-0.2, 0) is 4.43 Å². The average molecular weight is 515 g/mol. The smallest absolute Gasteiger partial charge is 0.268 e. The van der Waals surface area contributed by atoms with Gasteiger partial charge in [-0.05, 0) is 54.9 Å². The lowest BCUT2D eigenvalue weighted by molar-refractivity contribution is 0.0994. The van der Waals surface area contributed by atoms with Crippen LogP contribution in [0.25, 0.3) is 11.1 Å². The van der Waals surface area contributed by atoms with Gasteiger partial charge < -0.3 is 19.5 Å². The Morgan fingerprint density at radius 3 is 2.51 bits per heavy atom. The van der Waals surface area contributed by atoms with Gasteiger partial charge in [0.25, 0.3) is 5.91 Å². The zero-order chi connectivity index (χ0) is 25.8. The van der Waals surface area contributed by atoms with E-state index < -0.39 is 14.2 Å². The van der Waals surface area contributed by atoms with E-state index in [-0.39, 0.29) is 22.9 Å². The van der Waals surface area contributed by atoms with Crippen molar-refractivity contribution in [3.8, 4) is 16.9 Å². The molecule has 0 aliphatic heterocycles. The summed E-state index contributed by atoms with van der Waals surface area (Å²) in [6, 6.07) is 11.5. The third-order valence-corrected chi connectivity index (χ3v) is 11.4. The highest BCUT2D eigenvalue weighted by atomic mass is 35.5. The third kappa shape index (κ3) is 6.93. The van der Waals surface area contributed by atoms with Crippen molar-refractivity contribution in [2.24, 2.45) is 5.73 Å². The molecular weight excluding hydrogens is 480 g/mol. The fourth-order valence-electron chi connectivity index (χ4n) is 3.60. The van der Waals surface area contributed by atoms with Crippen LogP contribution < -0.4 is 10.5 Å². The second-order valence-electron chi connectivity index (χ2n) is 10.3. The lowest BCUT2D eigenvalue weighted by atomic mass is 10.1. The van der Waals surface area contributed by atoms with Gasteiger partial charge >= 0.3 is 0 Å². The van der Waals surface area contributed by atoms with Crippen molar-refractivity contribution in [1.82, 2.24) is 14.5 Å². The summed E-state index contributed by atoms with van der Waals surface area (Å²) in [4.78, 5) is 19.9. The Balaban J connectivity index is 1.75. The monoisotopic (exact) mass is 514 g/mol. The summed E-state index contributed by atoms with van der Waals surface area (Å²) in [5, 5.41) is 0.535. The van der Waals surface area contributed by atoms with E-state index in [9.17, 15) is 4.79 Å². The summed E-state index contributed by atoms with van der Waals surface area (Å²) >= 11 is 5.91. The summed E-state index contributed by atoms with van der Waals surface area (Å²) in [5.41, 5.74) is 7.63. The number of halogens is 1. The highest BCUT2D eigenvalue weighted by Gasteiger charge is 2.40. The van der Waals surface area contributed by atoms with Crippen LogP contribution in [0.15, 0.2) is 55.1 Å². The number of primary amides is 1. The fraction of sp³-hybridized carbons (Fsp3) is 0.423. The molecule has 0 bridgehead atoms. The average Bonchev–Trinajstić information content (AvgIpc) is 3.26. The molecule has 35 heavy (non-hydrogen) atoms. The van der Waals surface area contributed by atoms with Gasteiger partial charge in [-0.3, -0.25) is 4.79 Å². The van der Waals surface area contributed by atoms with Crippen LogP contribution in [0.4, 0.5) is 0 Å². The Bertz CT molecular complexity index is 1140. The molecule has 9 heteroatoms. The molecule has 3 aromatic rings. The summed E-state index contributed by atoms with van der Waals surface area (Å²) in [5.74, 6) is 0.211. The first-order valence-electron chi connectivity index (χ1n) is 11.7. The van der Waals surface area contributed by atoms with E-state index in [1.54, 1.807) is 24.8 Å². The molecule has 2 aromatic heterocycles. The lowest BCUT2D eigenvalue weighted by Crippen LogP contribution is -2.45. The van der Waals surface area contributed by atoms with E-state index in [0.29, 0.717) is 18.2 Å². The van der Waals surface area contributed by atoms with Crippen LogP contribution in [0.2, 0.25) is 23.3 Å². The molecule has 0 fully saturated rings. The van der Waals surface area contributed by atoms with E-state index in [2.05, 4.69) is 50.8 Å². The molecule has 1 amide bonds. The predicted octanol–water partition coefficient (Wildman–Crippen LogP) is 6.12. The number of amides is 1. The van der Waals surface area contributed by atoms with Gasteiger partial charge in [0.15, 0.2) is 8.32 Å². The highest BCUT2D eigenvalue weighted by molar-refractivity contribution is 6.74. The summed E-state index contributed by atoms with van der Waals surface area (Å²) in [6.45, 7) is 13.7. The maximum absolute atomic E-state index is 11.6. The van der Waals surface area contributed by atoms with Crippen LogP contribution in [0.5, 0.6) is 5.75 Å². The standard InChI is InChI=1S/C26H35ClN4O3Si/c1-18(34-35(5,6)26(2,3)4)23(31-16-22(25(28)32)30-17-31)12-13-33-21-9-7-8-19(14-21)20-10-11-24(27)29-15-20/h7-11,14-18,23H,12-13H2,1-6H3,(H2,28,32). The molecule has 1 aromatic carbocycles. The molecule has 0 saturated carbocycles. The Morgan fingerprint density at radius 2 is 1.91 bits per heavy atom. The van der Waals surface area contributed by atoms with Crippen LogP contribution in [0.1, 0.15) is 50.6 Å². The molecule has 0 aliphatic rings. The molecule has 0 radical (unpaired) electrons. The Morgan fingerprint density at radius 1 is 1.17 bits per heavy atom. The number of nitrogens with zero attached hydrogens (tertiary/aromatic N) is 3. The number of hydrogen-bond donors (Lipinski definition) is 1. The van der Waals surface area contributed by atoms with Crippen LogP contribution >= 0.6 is 11.6 Å². The van der Waals surface area contributed by atoms with Crippen LogP contribution in [0, 0.1) is 0 Å². The number of ether oxygens (including phenoxy) is 1. The molecular formula is C26H35ClN4O3Si. The summed E-state index contributed by atoms with van der Waals surface area (Å²) in [7, 11) is -2.01. The predicted molar refractivity (Wildman–Crippen MR) is 142 cm³/mol. The molecule has 0 spiro atoms. The van der Waals surface area contributed by atoms with Gasteiger partial charge in [-0.15, -0.1) is 0 Å². The Hall–Kier alpha value is -2.68. The van der Waals surface area contributed by atoms with Crippen molar-refractivity contribution in [2.75, 3.05) is 6.61 Å². The van der Waals surface area contributed by atoms with Crippen molar-refractivity contribution < 1.29 is 14.0 Å². The molecule has 2 heterocycles. The highest BCUT2D eigenvalue weighted by Crippen LogP contribution is 2.39. The maximum atomic E-state index is 11.6. The van der Waals surface area contributed by atoms with Crippen molar-refractivity contribution in [1.29, 1.82) is 0 Å². The van der Waals surface area contributed by atoms with Gasteiger partial charge in [0, 0.05) is 24.4 Å². The fourth-order valence-corrected chi connectivity index (χ4v) is 5.15. The summed E-state index contributed by atoms with van der Waals surface area (Å²) in [6.07, 6.45) is 5.63. The number of rotatable bonds is 10. The first-order valence-corrected chi connectivity index (χ1v) is 15.0. The number of pyridine rings is 1. The number of hydrogen-bond acceptors (Lipinski definition) is 5.